The van der Waals surface area contributed by atoms with E-state index in [1.54, 1.807) is 6.20 Å². The molecule has 174 valence electrons. The van der Waals surface area contributed by atoms with E-state index in [-0.39, 0.29) is 16.6 Å². The van der Waals surface area contributed by atoms with Crippen LogP contribution in [0.3, 0.4) is 0 Å². The fourth-order valence-corrected chi connectivity index (χ4v) is 3.92. The van der Waals surface area contributed by atoms with Gasteiger partial charge in [-0.3, -0.25) is 14.8 Å². The zero-order chi connectivity index (χ0) is 23.9. The fourth-order valence-electron chi connectivity index (χ4n) is 3.34. The summed E-state index contributed by atoms with van der Waals surface area (Å²) in [5.41, 5.74) is 1.54. The topological polar surface area (TPSA) is 107 Å². The van der Waals surface area contributed by atoms with Gasteiger partial charge in [-0.15, -0.1) is 0 Å². The van der Waals surface area contributed by atoms with E-state index in [9.17, 15) is 23.1 Å². The second-order valence-electron chi connectivity index (χ2n) is 7.82. The molecule has 1 amide bonds. The number of hydrogen-bond acceptors (Lipinski definition) is 8. The number of rotatable bonds is 5. The van der Waals surface area contributed by atoms with Gasteiger partial charge < -0.3 is 10.4 Å². The van der Waals surface area contributed by atoms with Crippen LogP contribution in [0.15, 0.2) is 24.5 Å². The summed E-state index contributed by atoms with van der Waals surface area (Å²) in [5.74, 6) is 0.262. The number of halogens is 3. The van der Waals surface area contributed by atoms with Crippen molar-refractivity contribution in [2.75, 3.05) is 17.3 Å². The highest BCUT2D eigenvalue weighted by molar-refractivity contribution is 7.09. The molecule has 0 unspecified atom stereocenters. The molecular weight excluding hydrogens is 459 g/mol. The van der Waals surface area contributed by atoms with Crippen molar-refractivity contribution >= 4 is 34.3 Å². The van der Waals surface area contributed by atoms with Gasteiger partial charge in [0.05, 0.1) is 11.3 Å². The quantitative estimate of drug-likeness (QED) is 0.547. The third-order valence-corrected chi connectivity index (χ3v) is 5.91. The van der Waals surface area contributed by atoms with Crippen LogP contribution in [-0.2, 0) is 19.3 Å². The van der Waals surface area contributed by atoms with E-state index in [0.717, 1.165) is 42.8 Å². The predicted molar refractivity (Wildman–Crippen MR) is 116 cm³/mol. The summed E-state index contributed by atoms with van der Waals surface area (Å²) in [6.45, 7) is 5.89. The molecule has 0 radical (unpaired) electrons. The third-order valence-electron chi connectivity index (χ3n) is 5.28. The molecule has 0 saturated heterocycles. The number of nitrogens with one attached hydrogen (secondary N) is 1. The first-order valence-corrected chi connectivity index (χ1v) is 10.7. The van der Waals surface area contributed by atoms with Crippen LogP contribution in [0.5, 0.6) is 0 Å². The summed E-state index contributed by atoms with van der Waals surface area (Å²) in [6, 6.07) is 3.06. The van der Waals surface area contributed by atoms with Gasteiger partial charge in [-0.1, -0.05) is 0 Å². The zero-order valence-corrected chi connectivity index (χ0v) is 18.7. The molecule has 0 saturated carbocycles. The first-order valence-electron chi connectivity index (χ1n) is 9.89. The average molecular weight is 479 g/mol. The van der Waals surface area contributed by atoms with Crippen molar-refractivity contribution in [3.63, 3.8) is 0 Å². The Morgan fingerprint density at radius 3 is 2.61 bits per heavy atom. The van der Waals surface area contributed by atoms with Crippen LogP contribution in [0.1, 0.15) is 30.5 Å². The molecule has 9 nitrogen and oxygen atoms in total. The first-order chi connectivity index (χ1) is 15.5. The lowest BCUT2D eigenvalue weighted by atomic mass is 10.1. The van der Waals surface area contributed by atoms with Gasteiger partial charge in [0, 0.05) is 50.1 Å². The number of pyridine rings is 2. The molecule has 1 aliphatic rings. The Balaban J connectivity index is 1.60. The SMILES string of the molecule is CC(C)N1Cc2cnc(-c3nsc(Nc4ncc(C(F)(F)F)cc4N(C)C(=O)O)n3)cc2C1. The van der Waals surface area contributed by atoms with Crippen molar-refractivity contribution in [2.24, 2.45) is 0 Å². The van der Waals surface area contributed by atoms with E-state index in [1.165, 1.54) is 0 Å². The van der Waals surface area contributed by atoms with Crippen LogP contribution in [0.2, 0.25) is 0 Å². The van der Waals surface area contributed by atoms with E-state index >= 15 is 0 Å². The van der Waals surface area contributed by atoms with Crippen molar-refractivity contribution in [1.29, 1.82) is 0 Å². The number of amides is 1. The van der Waals surface area contributed by atoms with Gasteiger partial charge in [-0.05, 0) is 37.1 Å². The monoisotopic (exact) mass is 479 g/mol. The highest BCUT2D eigenvalue weighted by atomic mass is 32.1. The molecular formula is C20H20F3N7O2S. The van der Waals surface area contributed by atoms with Crippen molar-refractivity contribution in [3.8, 4) is 11.5 Å². The Labute approximate surface area is 191 Å². The van der Waals surface area contributed by atoms with Crippen LogP contribution in [0, 0.1) is 0 Å². The molecule has 0 bridgehead atoms. The van der Waals surface area contributed by atoms with Crippen molar-refractivity contribution in [2.45, 2.75) is 39.2 Å². The minimum absolute atomic E-state index is 0.0925. The normalized spacial score (nSPS) is 13.9. The van der Waals surface area contributed by atoms with E-state index in [4.69, 9.17) is 0 Å². The summed E-state index contributed by atoms with van der Waals surface area (Å²) in [7, 11) is 1.13. The second-order valence-corrected chi connectivity index (χ2v) is 8.57. The number of anilines is 3. The lowest BCUT2D eigenvalue weighted by Crippen LogP contribution is -2.25. The molecule has 3 aromatic heterocycles. The maximum atomic E-state index is 13.1. The van der Waals surface area contributed by atoms with Gasteiger partial charge >= 0.3 is 12.3 Å². The maximum Gasteiger partial charge on any atom is 0.417 e. The molecule has 2 N–H and O–H groups in total. The van der Waals surface area contributed by atoms with Crippen LogP contribution in [0.25, 0.3) is 11.5 Å². The molecule has 13 heteroatoms. The highest BCUT2D eigenvalue weighted by Crippen LogP contribution is 2.35. The molecule has 0 aromatic carbocycles. The molecule has 0 spiro atoms. The molecule has 4 rings (SSSR count). The van der Waals surface area contributed by atoms with Gasteiger partial charge in [0.2, 0.25) is 5.13 Å². The van der Waals surface area contributed by atoms with Gasteiger partial charge in [0.25, 0.3) is 0 Å². The second kappa shape index (κ2) is 8.56. The summed E-state index contributed by atoms with van der Waals surface area (Å²) in [4.78, 5) is 26.9. The molecule has 0 aliphatic carbocycles. The lowest BCUT2D eigenvalue weighted by molar-refractivity contribution is -0.137. The minimum Gasteiger partial charge on any atom is -0.465 e. The number of carboxylic acid groups (broad SMARTS) is 1. The Kier molecular flexibility index (Phi) is 5.93. The zero-order valence-electron chi connectivity index (χ0n) is 17.9. The minimum atomic E-state index is -4.67. The standard InChI is InChI=1S/C20H20F3N7O2S/c1-10(2)30-8-11-4-14(24-6-12(11)9-30)16-26-18(33-28-16)27-17-15(29(3)19(31)32)5-13(7-25-17)20(21,22)23/h4-7,10H,8-9H2,1-3H3,(H,31,32)(H,25,26,27,28). The summed E-state index contributed by atoms with van der Waals surface area (Å²) in [6.07, 6.45) is -3.67. The van der Waals surface area contributed by atoms with Gasteiger partial charge in [-0.2, -0.15) is 22.5 Å². The number of hydrogen-bond donors (Lipinski definition) is 2. The third kappa shape index (κ3) is 4.73. The molecule has 0 atom stereocenters. The summed E-state index contributed by atoms with van der Waals surface area (Å²) >= 11 is 0.966. The largest absolute Gasteiger partial charge is 0.465 e. The number of alkyl halides is 3. The van der Waals surface area contributed by atoms with E-state index in [2.05, 4.69) is 43.4 Å². The van der Waals surface area contributed by atoms with E-state index < -0.39 is 17.8 Å². The van der Waals surface area contributed by atoms with Gasteiger partial charge in [-0.25, -0.2) is 9.78 Å². The maximum absolute atomic E-state index is 13.1. The molecule has 3 aromatic rings. The molecule has 4 heterocycles. The summed E-state index contributed by atoms with van der Waals surface area (Å²) in [5, 5.41) is 12.3. The predicted octanol–water partition coefficient (Wildman–Crippen LogP) is 4.60. The Bertz CT molecular complexity index is 1200. The fraction of sp³-hybridized carbons (Fsp3) is 0.350. The van der Waals surface area contributed by atoms with Crippen LogP contribution in [-0.4, -0.2) is 48.5 Å². The summed E-state index contributed by atoms with van der Waals surface area (Å²) < 4.78 is 43.5. The number of nitrogens with zero attached hydrogens (tertiary/aromatic N) is 6. The molecule has 0 fully saturated rings. The number of fused-ring (bicyclic) bond motifs is 1. The first kappa shape index (κ1) is 22.9. The van der Waals surface area contributed by atoms with E-state index in [0.29, 0.717) is 34.7 Å². The number of aromatic nitrogens is 4. The van der Waals surface area contributed by atoms with Gasteiger partial charge in [0.15, 0.2) is 11.6 Å². The molecule has 33 heavy (non-hydrogen) atoms. The van der Waals surface area contributed by atoms with Crippen LogP contribution >= 0.6 is 11.5 Å². The lowest BCUT2D eigenvalue weighted by Gasteiger charge is -2.18. The van der Waals surface area contributed by atoms with E-state index in [1.807, 2.05) is 6.07 Å². The molecule has 1 aliphatic heterocycles. The Morgan fingerprint density at radius 1 is 1.21 bits per heavy atom. The highest BCUT2D eigenvalue weighted by Gasteiger charge is 2.33. The number of carbonyl (C=O) groups is 1. The van der Waals surface area contributed by atoms with Crippen molar-refractivity contribution < 1.29 is 23.1 Å². The Hall–Kier alpha value is -3.32. The Morgan fingerprint density at radius 2 is 1.94 bits per heavy atom. The average Bonchev–Trinajstić information content (AvgIpc) is 3.39. The van der Waals surface area contributed by atoms with Gasteiger partial charge in [0.1, 0.15) is 5.69 Å². The van der Waals surface area contributed by atoms with Crippen LogP contribution in [0.4, 0.5) is 34.6 Å². The van der Waals surface area contributed by atoms with Crippen LogP contribution < -0.4 is 10.2 Å². The smallest absolute Gasteiger partial charge is 0.417 e. The van der Waals surface area contributed by atoms with Crippen molar-refractivity contribution in [1.82, 2.24) is 24.2 Å². The van der Waals surface area contributed by atoms with Crippen molar-refractivity contribution in [3.05, 3.63) is 41.2 Å².